The van der Waals surface area contributed by atoms with E-state index in [2.05, 4.69) is 15.0 Å². The van der Waals surface area contributed by atoms with E-state index in [0.717, 1.165) is 70.7 Å². The number of nitrogens with zero attached hydrogens (tertiary/aromatic N) is 5. The molecule has 2 aromatic rings. The fourth-order valence-corrected chi connectivity index (χ4v) is 4.28. The Balaban J connectivity index is 1.25. The molecule has 156 valence electrons. The van der Waals surface area contributed by atoms with Gasteiger partial charge in [-0.1, -0.05) is 0 Å². The summed E-state index contributed by atoms with van der Waals surface area (Å²) in [5, 5.41) is 4.27. The Bertz CT molecular complexity index is 763. The quantitative estimate of drug-likeness (QED) is 0.719. The molecule has 7 nitrogen and oxygen atoms in total. The maximum atomic E-state index is 12.8. The molecule has 2 aliphatic rings. The first-order chi connectivity index (χ1) is 14.2. The maximum absolute atomic E-state index is 12.8. The number of piperidine rings is 1. The molecule has 2 aliphatic heterocycles. The number of likely N-dealkylation sites (tertiary alicyclic amines) is 1. The van der Waals surface area contributed by atoms with Gasteiger partial charge in [-0.15, -0.1) is 0 Å². The first-order valence-electron chi connectivity index (χ1n) is 10.7. The van der Waals surface area contributed by atoms with E-state index in [-0.39, 0.29) is 12.0 Å². The summed E-state index contributed by atoms with van der Waals surface area (Å²) in [4.78, 5) is 21.4. The molecule has 4 rings (SSSR count). The van der Waals surface area contributed by atoms with Gasteiger partial charge < -0.3 is 14.5 Å². The number of carbonyl (C=O) groups excluding carboxylic acids is 1. The van der Waals surface area contributed by atoms with Crippen molar-refractivity contribution in [3.63, 3.8) is 0 Å². The summed E-state index contributed by atoms with van der Waals surface area (Å²) in [7, 11) is 2.03. The number of amides is 1. The third kappa shape index (κ3) is 5.15. The number of aromatic nitrogens is 3. The summed E-state index contributed by atoms with van der Waals surface area (Å²) >= 11 is 0. The number of hydrogen-bond acceptors (Lipinski definition) is 5. The van der Waals surface area contributed by atoms with Crippen LogP contribution in [0.2, 0.25) is 0 Å². The van der Waals surface area contributed by atoms with Gasteiger partial charge in [-0.2, -0.15) is 5.10 Å². The van der Waals surface area contributed by atoms with E-state index in [1.807, 2.05) is 47.2 Å². The van der Waals surface area contributed by atoms with Gasteiger partial charge in [0.05, 0.1) is 11.7 Å². The molecule has 0 bridgehead atoms. The lowest BCUT2D eigenvalue weighted by atomic mass is 9.93. The smallest absolute Gasteiger partial charge is 0.255 e. The van der Waals surface area contributed by atoms with Crippen molar-refractivity contribution in [1.82, 2.24) is 19.7 Å². The largest absolute Gasteiger partial charge is 0.376 e. The minimum Gasteiger partial charge on any atom is -0.376 e. The van der Waals surface area contributed by atoms with Crippen molar-refractivity contribution >= 4 is 11.7 Å². The molecule has 7 heteroatoms. The van der Waals surface area contributed by atoms with Crippen molar-refractivity contribution in [2.24, 2.45) is 5.92 Å². The van der Waals surface area contributed by atoms with E-state index in [0.29, 0.717) is 11.5 Å². The van der Waals surface area contributed by atoms with Crippen LogP contribution in [0.3, 0.4) is 0 Å². The monoisotopic (exact) mass is 397 g/mol. The van der Waals surface area contributed by atoms with Crippen LogP contribution in [-0.2, 0) is 11.3 Å². The predicted octanol–water partition coefficient (Wildman–Crippen LogP) is 2.84. The Morgan fingerprint density at radius 1 is 1.28 bits per heavy atom. The van der Waals surface area contributed by atoms with Crippen LogP contribution in [0.25, 0.3) is 0 Å². The lowest BCUT2D eigenvalue weighted by Gasteiger charge is -2.32. The molecule has 0 spiro atoms. The Morgan fingerprint density at radius 2 is 2.14 bits per heavy atom. The highest BCUT2D eigenvalue weighted by molar-refractivity contribution is 5.94. The Hall–Kier alpha value is -2.41. The summed E-state index contributed by atoms with van der Waals surface area (Å²) in [6.07, 6.45) is 11.3. The van der Waals surface area contributed by atoms with Crippen LogP contribution in [0, 0.1) is 5.92 Å². The van der Waals surface area contributed by atoms with Gasteiger partial charge in [-0.3, -0.25) is 9.48 Å². The average Bonchev–Trinajstić information content (AvgIpc) is 3.46. The van der Waals surface area contributed by atoms with Gasteiger partial charge in [0.25, 0.3) is 5.91 Å². The van der Waals surface area contributed by atoms with Crippen molar-refractivity contribution in [1.29, 1.82) is 0 Å². The van der Waals surface area contributed by atoms with Gasteiger partial charge in [0.1, 0.15) is 5.82 Å². The second kappa shape index (κ2) is 9.39. The lowest BCUT2D eigenvalue weighted by molar-refractivity contribution is 0.0684. The van der Waals surface area contributed by atoms with Gasteiger partial charge in [-0.05, 0) is 56.2 Å². The maximum Gasteiger partial charge on any atom is 0.255 e. The third-order valence-corrected chi connectivity index (χ3v) is 6.11. The second-order valence-electron chi connectivity index (χ2n) is 8.21. The molecular formula is C22H31N5O2. The zero-order valence-corrected chi connectivity index (χ0v) is 17.2. The molecule has 1 amide bonds. The average molecular weight is 398 g/mol. The van der Waals surface area contributed by atoms with Gasteiger partial charge in [0.2, 0.25) is 0 Å². The van der Waals surface area contributed by atoms with Gasteiger partial charge >= 0.3 is 0 Å². The molecule has 4 heterocycles. The van der Waals surface area contributed by atoms with Gasteiger partial charge in [0.15, 0.2) is 0 Å². The van der Waals surface area contributed by atoms with Crippen LogP contribution in [0.1, 0.15) is 42.5 Å². The lowest BCUT2D eigenvalue weighted by Crippen LogP contribution is -2.38. The standard InChI is InChI=1S/C22H31N5O2/c1-25(17-20-4-2-15-29-20)21-6-5-19(16-23-21)22(28)26-12-7-18(8-13-26)9-14-27-11-3-10-24-27/h3,5-6,10-11,16,18,20H,2,4,7-9,12-15,17H2,1H3/t20-/m1/s1. The minimum absolute atomic E-state index is 0.0938. The number of ether oxygens (including phenoxy) is 1. The Labute approximate surface area is 172 Å². The number of likely N-dealkylation sites (N-methyl/N-ethyl adjacent to an activating group) is 1. The van der Waals surface area contributed by atoms with Crippen molar-refractivity contribution in [2.45, 2.75) is 44.8 Å². The van der Waals surface area contributed by atoms with Crippen LogP contribution in [0.15, 0.2) is 36.8 Å². The zero-order valence-electron chi connectivity index (χ0n) is 17.2. The third-order valence-electron chi connectivity index (χ3n) is 6.11. The Kier molecular flexibility index (Phi) is 6.44. The van der Waals surface area contributed by atoms with Crippen LogP contribution < -0.4 is 4.90 Å². The molecule has 2 saturated heterocycles. The fourth-order valence-electron chi connectivity index (χ4n) is 4.28. The number of rotatable bonds is 7. The fraction of sp³-hybridized carbons (Fsp3) is 0.591. The number of aryl methyl sites for hydroxylation is 1. The summed E-state index contributed by atoms with van der Waals surface area (Å²) in [5.41, 5.74) is 0.675. The Morgan fingerprint density at radius 3 is 2.79 bits per heavy atom. The van der Waals surface area contributed by atoms with Gasteiger partial charge in [-0.25, -0.2) is 4.98 Å². The number of pyridine rings is 1. The zero-order chi connectivity index (χ0) is 20.1. The minimum atomic E-state index is 0.0938. The van der Waals surface area contributed by atoms with Crippen molar-refractivity contribution in [2.75, 3.05) is 38.2 Å². The summed E-state index contributed by atoms with van der Waals surface area (Å²) < 4.78 is 7.68. The topological polar surface area (TPSA) is 63.5 Å². The molecule has 2 fully saturated rings. The van der Waals surface area contributed by atoms with E-state index in [1.165, 1.54) is 0 Å². The van der Waals surface area contributed by atoms with E-state index in [9.17, 15) is 4.79 Å². The molecule has 2 aromatic heterocycles. The molecule has 1 atom stereocenters. The molecule has 0 unspecified atom stereocenters. The molecule has 0 N–H and O–H groups in total. The van der Waals surface area contributed by atoms with Crippen LogP contribution in [0.4, 0.5) is 5.82 Å². The van der Waals surface area contributed by atoms with E-state index in [4.69, 9.17) is 4.74 Å². The molecule has 29 heavy (non-hydrogen) atoms. The molecule has 0 aliphatic carbocycles. The van der Waals surface area contributed by atoms with E-state index < -0.39 is 0 Å². The summed E-state index contributed by atoms with van der Waals surface area (Å²) in [5.74, 6) is 1.64. The van der Waals surface area contributed by atoms with E-state index >= 15 is 0 Å². The van der Waals surface area contributed by atoms with Crippen LogP contribution >= 0.6 is 0 Å². The van der Waals surface area contributed by atoms with Crippen molar-refractivity contribution in [3.8, 4) is 0 Å². The highest BCUT2D eigenvalue weighted by atomic mass is 16.5. The normalized spacial score (nSPS) is 20.2. The first kappa shape index (κ1) is 19.9. The number of carbonyl (C=O) groups is 1. The predicted molar refractivity (Wildman–Crippen MR) is 112 cm³/mol. The molecular weight excluding hydrogens is 366 g/mol. The second-order valence-corrected chi connectivity index (χ2v) is 8.21. The highest BCUT2D eigenvalue weighted by Crippen LogP contribution is 2.23. The van der Waals surface area contributed by atoms with E-state index in [1.54, 1.807) is 6.20 Å². The summed E-state index contributed by atoms with van der Waals surface area (Å²) in [6.45, 7) is 4.30. The molecule has 0 aromatic carbocycles. The van der Waals surface area contributed by atoms with Crippen molar-refractivity contribution < 1.29 is 9.53 Å². The molecule has 0 radical (unpaired) electrons. The van der Waals surface area contributed by atoms with Crippen LogP contribution in [-0.4, -0.2) is 65.0 Å². The number of hydrogen-bond donors (Lipinski definition) is 0. The first-order valence-corrected chi connectivity index (χ1v) is 10.7. The summed E-state index contributed by atoms with van der Waals surface area (Å²) in [6, 6.07) is 5.81. The number of anilines is 1. The van der Waals surface area contributed by atoms with Crippen molar-refractivity contribution in [3.05, 3.63) is 42.4 Å². The van der Waals surface area contributed by atoms with Crippen LogP contribution in [0.5, 0.6) is 0 Å². The highest BCUT2D eigenvalue weighted by Gasteiger charge is 2.24. The SMILES string of the molecule is CN(C[C@H]1CCCO1)c1ccc(C(=O)N2CCC(CCn3cccn3)CC2)cn1. The molecule has 0 saturated carbocycles. The van der Waals surface area contributed by atoms with Gasteiger partial charge in [0, 0.05) is 58.4 Å².